The first-order valence-electron chi connectivity index (χ1n) is 8.81. The van der Waals surface area contributed by atoms with Gasteiger partial charge >= 0.3 is 0 Å². The standard InChI is InChI=1S/C17H37NOS/c1-2-3-4-5-6-7-8-9-10-11-13-18-14-17-20-16-12-15-19/h18-19H,2-17H2,1H3. The monoisotopic (exact) mass is 303 g/mol. The predicted molar refractivity (Wildman–Crippen MR) is 93.7 cm³/mol. The molecule has 0 atom stereocenters. The lowest BCUT2D eigenvalue weighted by atomic mass is 10.1. The molecule has 0 unspecified atom stereocenters. The zero-order valence-electron chi connectivity index (χ0n) is 13.7. The number of rotatable bonds is 17. The average molecular weight is 304 g/mol. The fourth-order valence-electron chi connectivity index (χ4n) is 2.28. The minimum atomic E-state index is 0.332. The Bertz CT molecular complexity index is 149. The molecule has 0 heterocycles. The molecule has 0 aliphatic heterocycles. The van der Waals surface area contributed by atoms with E-state index < -0.39 is 0 Å². The first-order valence-corrected chi connectivity index (χ1v) is 9.96. The summed E-state index contributed by atoms with van der Waals surface area (Å²) in [4.78, 5) is 0. The van der Waals surface area contributed by atoms with Crippen LogP contribution in [-0.2, 0) is 0 Å². The third-order valence-electron chi connectivity index (χ3n) is 3.58. The van der Waals surface area contributed by atoms with Gasteiger partial charge in [-0.15, -0.1) is 0 Å². The molecular formula is C17H37NOS. The van der Waals surface area contributed by atoms with Crippen molar-refractivity contribution in [1.82, 2.24) is 5.32 Å². The largest absolute Gasteiger partial charge is 0.396 e. The van der Waals surface area contributed by atoms with E-state index in [1.165, 1.54) is 76.5 Å². The molecule has 0 aliphatic rings. The van der Waals surface area contributed by atoms with E-state index in [1.54, 1.807) is 0 Å². The average Bonchev–Trinajstić information content (AvgIpc) is 2.47. The van der Waals surface area contributed by atoms with E-state index in [9.17, 15) is 0 Å². The first kappa shape index (κ1) is 20.3. The van der Waals surface area contributed by atoms with Crippen LogP contribution in [0.25, 0.3) is 0 Å². The predicted octanol–water partition coefficient (Wildman–Crippen LogP) is 4.61. The molecule has 3 heteroatoms. The Morgan fingerprint density at radius 1 is 0.700 bits per heavy atom. The molecule has 0 rings (SSSR count). The summed E-state index contributed by atoms with van der Waals surface area (Å²) in [5, 5.41) is 12.2. The third-order valence-corrected chi connectivity index (χ3v) is 4.65. The van der Waals surface area contributed by atoms with Gasteiger partial charge in [0, 0.05) is 18.9 Å². The number of hydrogen-bond donors (Lipinski definition) is 2. The normalized spacial score (nSPS) is 11.1. The van der Waals surface area contributed by atoms with Crippen molar-refractivity contribution in [2.75, 3.05) is 31.2 Å². The number of nitrogens with one attached hydrogen (secondary N) is 1. The Balaban J connectivity index is 2.89. The van der Waals surface area contributed by atoms with Crippen LogP contribution in [0.1, 0.15) is 77.6 Å². The summed E-state index contributed by atoms with van der Waals surface area (Å²) in [5.74, 6) is 2.27. The van der Waals surface area contributed by atoms with Gasteiger partial charge in [0.05, 0.1) is 0 Å². The van der Waals surface area contributed by atoms with Crippen LogP contribution in [0.2, 0.25) is 0 Å². The van der Waals surface area contributed by atoms with Crippen molar-refractivity contribution in [2.24, 2.45) is 0 Å². The molecule has 0 fully saturated rings. The number of hydrogen-bond acceptors (Lipinski definition) is 3. The van der Waals surface area contributed by atoms with Crippen LogP contribution in [-0.4, -0.2) is 36.3 Å². The quantitative estimate of drug-likeness (QED) is 0.385. The van der Waals surface area contributed by atoms with Crippen LogP contribution in [0.3, 0.4) is 0 Å². The highest BCUT2D eigenvalue weighted by atomic mass is 32.2. The van der Waals surface area contributed by atoms with Gasteiger partial charge in [-0.2, -0.15) is 11.8 Å². The maximum atomic E-state index is 8.65. The van der Waals surface area contributed by atoms with E-state index in [2.05, 4.69) is 12.2 Å². The molecular weight excluding hydrogens is 266 g/mol. The minimum absolute atomic E-state index is 0.332. The first-order chi connectivity index (χ1) is 9.91. The van der Waals surface area contributed by atoms with E-state index in [-0.39, 0.29) is 0 Å². The molecule has 0 radical (unpaired) electrons. The fourth-order valence-corrected chi connectivity index (χ4v) is 3.10. The zero-order chi connectivity index (χ0) is 14.7. The lowest BCUT2D eigenvalue weighted by Gasteiger charge is -2.05. The number of unbranched alkanes of at least 4 members (excludes halogenated alkanes) is 9. The van der Waals surface area contributed by atoms with Crippen molar-refractivity contribution in [3.05, 3.63) is 0 Å². The number of aliphatic hydroxyl groups excluding tert-OH is 1. The van der Waals surface area contributed by atoms with Crippen LogP contribution in [0.4, 0.5) is 0 Å². The topological polar surface area (TPSA) is 32.3 Å². The van der Waals surface area contributed by atoms with Crippen molar-refractivity contribution in [2.45, 2.75) is 77.6 Å². The molecule has 0 spiro atoms. The van der Waals surface area contributed by atoms with E-state index in [0.717, 1.165) is 18.7 Å². The lowest BCUT2D eigenvalue weighted by molar-refractivity contribution is 0.296. The highest BCUT2D eigenvalue weighted by Crippen LogP contribution is 2.10. The molecule has 0 bridgehead atoms. The summed E-state index contributed by atoms with van der Waals surface area (Å²) in [6, 6.07) is 0. The van der Waals surface area contributed by atoms with Crippen molar-refractivity contribution < 1.29 is 5.11 Å². The Labute approximate surface area is 131 Å². The van der Waals surface area contributed by atoms with Gasteiger partial charge < -0.3 is 10.4 Å². The molecule has 0 aromatic carbocycles. The SMILES string of the molecule is CCCCCCCCCCCCNCCSCCCO. The molecule has 0 amide bonds. The van der Waals surface area contributed by atoms with Gasteiger partial charge in [0.15, 0.2) is 0 Å². The number of aliphatic hydroxyl groups is 1. The van der Waals surface area contributed by atoms with Crippen molar-refractivity contribution in [1.29, 1.82) is 0 Å². The Morgan fingerprint density at radius 3 is 1.90 bits per heavy atom. The van der Waals surface area contributed by atoms with Gasteiger partial charge in [-0.25, -0.2) is 0 Å². The third kappa shape index (κ3) is 18.3. The molecule has 2 nitrogen and oxygen atoms in total. The molecule has 122 valence electrons. The second-order valence-electron chi connectivity index (χ2n) is 5.62. The van der Waals surface area contributed by atoms with Gasteiger partial charge in [0.2, 0.25) is 0 Å². The Hall–Kier alpha value is 0.270. The van der Waals surface area contributed by atoms with E-state index in [0.29, 0.717) is 6.61 Å². The van der Waals surface area contributed by atoms with Gasteiger partial charge in [-0.05, 0) is 25.1 Å². The summed E-state index contributed by atoms with van der Waals surface area (Å²) in [5.41, 5.74) is 0. The van der Waals surface area contributed by atoms with Gasteiger partial charge in [0.1, 0.15) is 0 Å². The summed E-state index contributed by atoms with van der Waals surface area (Å²) in [6.45, 7) is 4.91. The van der Waals surface area contributed by atoms with Gasteiger partial charge in [-0.1, -0.05) is 64.7 Å². The molecule has 2 N–H and O–H groups in total. The highest BCUT2D eigenvalue weighted by molar-refractivity contribution is 7.99. The Kier molecular flexibility index (Phi) is 19.5. The van der Waals surface area contributed by atoms with E-state index in [1.807, 2.05) is 11.8 Å². The van der Waals surface area contributed by atoms with Crippen LogP contribution in [0.5, 0.6) is 0 Å². The van der Waals surface area contributed by atoms with Gasteiger partial charge in [0.25, 0.3) is 0 Å². The summed E-state index contributed by atoms with van der Waals surface area (Å²) >= 11 is 1.94. The molecule has 20 heavy (non-hydrogen) atoms. The Morgan fingerprint density at radius 2 is 1.30 bits per heavy atom. The fraction of sp³-hybridized carbons (Fsp3) is 1.00. The van der Waals surface area contributed by atoms with Crippen LogP contribution < -0.4 is 5.32 Å². The molecule has 0 aliphatic carbocycles. The molecule has 0 aromatic rings. The van der Waals surface area contributed by atoms with E-state index >= 15 is 0 Å². The lowest BCUT2D eigenvalue weighted by Crippen LogP contribution is -2.18. The zero-order valence-corrected chi connectivity index (χ0v) is 14.5. The molecule has 0 saturated carbocycles. The maximum absolute atomic E-state index is 8.65. The van der Waals surface area contributed by atoms with Crippen LogP contribution >= 0.6 is 11.8 Å². The second kappa shape index (κ2) is 19.3. The highest BCUT2D eigenvalue weighted by Gasteiger charge is 1.93. The minimum Gasteiger partial charge on any atom is -0.396 e. The summed E-state index contributed by atoms with van der Waals surface area (Å²) < 4.78 is 0. The van der Waals surface area contributed by atoms with Crippen molar-refractivity contribution in [3.8, 4) is 0 Å². The summed E-state index contributed by atoms with van der Waals surface area (Å²) in [7, 11) is 0. The van der Waals surface area contributed by atoms with Crippen molar-refractivity contribution >= 4 is 11.8 Å². The molecule has 0 aromatic heterocycles. The smallest absolute Gasteiger partial charge is 0.0438 e. The van der Waals surface area contributed by atoms with E-state index in [4.69, 9.17) is 5.11 Å². The maximum Gasteiger partial charge on any atom is 0.0438 e. The van der Waals surface area contributed by atoms with Crippen LogP contribution in [0.15, 0.2) is 0 Å². The second-order valence-corrected chi connectivity index (χ2v) is 6.85. The number of thioether (sulfide) groups is 1. The summed E-state index contributed by atoms with van der Waals surface area (Å²) in [6.07, 6.45) is 15.1. The van der Waals surface area contributed by atoms with Crippen molar-refractivity contribution in [3.63, 3.8) is 0 Å². The molecule has 0 saturated heterocycles. The van der Waals surface area contributed by atoms with Crippen LogP contribution in [0, 0.1) is 0 Å². The van der Waals surface area contributed by atoms with Gasteiger partial charge in [-0.3, -0.25) is 0 Å².